The molecule has 27 heavy (non-hydrogen) atoms. The topological polar surface area (TPSA) is 58.1 Å². The number of fused-ring (bicyclic) bond motifs is 1. The molecule has 0 aliphatic rings. The molecular formula is C20H24N4OS2. The van der Waals surface area contributed by atoms with Crippen LogP contribution in [0.1, 0.15) is 16.0 Å². The van der Waals surface area contributed by atoms with E-state index in [1.165, 1.54) is 27.8 Å². The first-order chi connectivity index (χ1) is 12.9. The number of amides is 1. The van der Waals surface area contributed by atoms with Gasteiger partial charge >= 0.3 is 0 Å². The maximum absolute atomic E-state index is 12.3. The van der Waals surface area contributed by atoms with Crippen LogP contribution in [0.25, 0.3) is 10.2 Å². The van der Waals surface area contributed by atoms with E-state index in [-0.39, 0.29) is 5.91 Å². The summed E-state index contributed by atoms with van der Waals surface area (Å²) in [5.74, 6) is 0.292. The lowest BCUT2D eigenvalue weighted by Crippen LogP contribution is -2.15. The summed E-state index contributed by atoms with van der Waals surface area (Å²) in [5, 5.41) is 4.90. The molecule has 7 heteroatoms. The van der Waals surface area contributed by atoms with Crippen molar-refractivity contribution in [1.82, 2.24) is 14.9 Å². The summed E-state index contributed by atoms with van der Waals surface area (Å²) >= 11 is 3.13. The van der Waals surface area contributed by atoms with Crippen molar-refractivity contribution in [3.05, 3.63) is 46.6 Å². The third kappa shape index (κ3) is 5.06. The number of carbonyl (C=O) groups is 1. The summed E-state index contributed by atoms with van der Waals surface area (Å²) in [6.07, 6.45) is 2.57. The van der Waals surface area contributed by atoms with E-state index in [0.29, 0.717) is 5.75 Å². The molecule has 0 spiro atoms. The quantitative estimate of drug-likeness (QED) is 0.477. The molecule has 0 saturated heterocycles. The van der Waals surface area contributed by atoms with Gasteiger partial charge in [-0.2, -0.15) is 0 Å². The monoisotopic (exact) mass is 400 g/mol. The Morgan fingerprint density at radius 3 is 2.63 bits per heavy atom. The fourth-order valence-corrected chi connectivity index (χ4v) is 4.62. The number of thioether (sulfide) groups is 1. The van der Waals surface area contributed by atoms with Gasteiger partial charge in [-0.05, 0) is 57.6 Å². The molecule has 2 heterocycles. The van der Waals surface area contributed by atoms with Crippen molar-refractivity contribution in [2.45, 2.75) is 25.3 Å². The zero-order valence-electron chi connectivity index (χ0n) is 16.1. The zero-order valence-corrected chi connectivity index (χ0v) is 17.7. The van der Waals surface area contributed by atoms with Gasteiger partial charge < -0.3 is 10.2 Å². The third-order valence-electron chi connectivity index (χ3n) is 4.36. The molecule has 3 rings (SSSR count). The van der Waals surface area contributed by atoms with Crippen molar-refractivity contribution in [3.63, 3.8) is 0 Å². The molecule has 142 valence electrons. The SMILES string of the molecule is Cc1sc2ncnc(SCC(=O)Nc3ccc(CCN(C)C)cc3)c2c1C. The summed E-state index contributed by atoms with van der Waals surface area (Å²) < 4.78 is 0. The molecular weight excluding hydrogens is 376 g/mol. The fraction of sp³-hybridized carbons (Fsp3) is 0.350. The van der Waals surface area contributed by atoms with E-state index in [2.05, 4.69) is 60.3 Å². The molecule has 1 N–H and O–H groups in total. The minimum Gasteiger partial charge on any atom is -0.325 e. The second-order valence-electron chi connectivity index (χ2n) is 6.73. The first kappa shape index (κ1) is 19.8. The number of aromatic nitrogens is 2. The Morgan fingerprint density at radius 1 is 1.19 bits per heavy atom. The fourth-order valence-electron chi connectivity index (χ4n) is 2.70. The number of aryl methyl sites for hydroxylation is 2. The number of benzene rings is 1. The van der Waals surface area contributed by atoms with Crippen molar-refractivity contribution in [1.29, 1.82) is 0 Å². The molecule has 0 bridgehead atoms. The summed E-state index contributed by atoms with van der Waals surface area (Å²) in [6.45, 7) is 5.18. The summed E-state index contributed by atoms with van der Waals surface area (Å²) in [4.78, 5) is 25.4. The Balaban J connectivity index is 1.59. The zero-order chi connectivity index (χ0) is 19.4. The molecule has 0 saturated carbocycles. The summed E-state index contributed by atoms with van der Waals surface area (Å²) in [6, 6.07) is 8.06. The van der Waals surface area contributed by atoms with E-state index >= 15 is 0 Å². The van der Waals surface area contributed by atoms with E-state index in [1.807, 2.05) is 12.1 Å². The largest absolute Gasteiger partial charge is 0.325 e. The van der Waals surface area contributed by atoms with E-state index < -0.39 is 0 Å². The molecule has 0 atom stereocenters. The van der Waals surface area contributed by atoms with E-state index in [0.717, 1.165) is 33.9 Å². The minimum absolute atomic E-state index is 0.0302. The molecule has 1 amide bonds. The van der Waals surface area contributed by atoms with Gasteiger partial charge in [0, 0.05) is 22.5 Å². The number of hydrogen-bond acceptors (Lipinski definition) is 6. The van der Waals surface area contributed by atoms with Gasteiger partial charge in [0.1, 0.15) is 16.2 Å². The molecule has 0 unspecified atom stereocenters. The van der Waals surface area contributed by atoms with Gasteiger partial charge in [0.25, 0.3) is 0 Å². The molecule has 1 aromatic carbocycles. The van der Waals surface area contributed by atoms with E-state index in [9.17, 15) is 4.79 Å². The summed E-state index contributed by atoms with van der Waals surface area (Å²) in [5.41, 5.74) is 3.29. The molecule has 3 aromatic rings. The second kappa shape index (κ2) is 8.82. The Kier molecular flexibility index (Phi) is 6.46. The van der Waals surface area contributed by atoms with Crippen molar-refractivity contribution < 1.29 is 4.79 Å². The van der Waals surface area contributed by atoms with Crippen molar-refractivity contribution in [2.24, 2.45) is 0 Å². The van der Waals surface area contributed by atoms with Crippen LogP contribution in [0.2, 0.25) is 0 Å². The van der Waals surface area contributed by atoms with Gasteiger partial charge in [0.05, 0.1) is 5.75 Å². The number of hydrogen-bond donors (Lipinski definition) is 1. The lowest BCUT2D eigenvalue weighted by atomic mass is 10.1. The maximum Gasteiger partial charge on any atom is 0.234 e. The van der Waals surface area contributed by atoms with Crippen molar-refractivity contribution >= 4 is 44.9 Å². The summed E-state index contributed by atoms with van der Waals surface area (Å²) in [7, 11) is 4.13. The van der Waals surface area contributed by atoms with Crippen molar-refractivity contribution in [2.75, 3.05) is 31.7 Å². The lowest BCUT2D eigenvalue weighted by molar-refractivity contribution is -0.113. The van der Waals surface area contributed by atoms with Crippen molar-refractivity contribution in [3.8, 4) is 0 Å². The number of nitrogens with zero attached hydrogens (tertiary/aromatic N) is 3. The molecule has 0 aliphatic carbocycles. The van der Waals surface area contributed by atoms with Crippen LogP contribution in [0.4, 0.5) is 5.69 Å². The standard InChI is InChI=1S/C20H24N4OS2/c1-13-14(2)27-20-18(13)19(21-12-22-20)26-11-17(25)23-16-7-5-15(6-8-16)9-10-24(3)4/h5-8,12H,9-11H2,1-4H3,(H,23,25). The van der Waals surface area contributed by atoms with Crippen LogP contribution in [-0.2, 0) is 11.2 Å². The Morgan fingerprint density at radius 2 is 1.93 bits per heavy atom. The highest BCUT2D eigenvalue weighted by Gasteiger charge is 2.13. The van der Waals surface area contributed by atoms with Crippen LogP contribution in [-0.4, -0.2) is 47.2 Å². The predicted octanol–water partition coefficient (Wildman–Crippen LogP) is 4.14. The lowest BCUT2D eigenvalue weighted by Gasteiger charge is -2.10. The average Bonchev–Trinajstić information content (AvgIpc) is 2.94. The van der Waals surface area contributed by atoms with Crippen LogP contribution >= 0.6 is 23.1 Å². The molecule has 2 aromatic heterocycles. The first-order valence-corrected chi connectivity index (χ1v) is 10.6. The van der Waals surface area contributed by atoms with Crippen LogP contribution in [0.5, 0.6) is 0 Å². The van der Waals surface area contributed by atoms with Crippen LogP contribution in [0.15, 0.2) is 35.6 Å². The number of carbonyl (C=O) groups excluding carboxylic acids is 1. The van der Waals surface area contributed by atoms with E-state index in [4.69, 9.17) is 0 Å². The number of anilines is 1. The van der Waals surface area contributed by atoms with Gasteiger partial charge in [-0.15, -0.1) is 11.3 Å². The number of rotatable bonds is 7. The Labute approximate surface area is 168 Å². The number of nitrogens with one attached hydrogen (secondary N) is 1. The highest BCUT2D eigenvalue weighted by Crippen LogP contribution is 2.34. The minimum atomic E-state index is -0.0302. The molecule has 0 aliphatic heterocycles. The third-order valence-corrected chi connectivity index (χ3v) is 6.46. The highest BCUT2D eigenvalue weighted by atomic mass is 32.2. The van der Waals surface area contributed by atoms with Gasteiger partial charge in [-0.3, -0.25) is 4.79 Å². The first-order valence-electron chi connectivity index (χ1n) is 8.81. The predicted molar refractivity (Wildman–Crippen MR) is 115 cm³/mol. The number of thiophene rings is 1. The average molecular weight is 401 g/mol. The second-order valence-corrected chi connectivity index (χ2v) is 8.90. The number of likely N-dealkylation sites (N-methyl/N-ethyl adjacent to an activating group) is 1. The molecule has 0 radical (unpaired) electrons. The van der Waals surface area contributed by atoms with Crippen LogP contribution in [0, 0.1) is 13.8 Å². The molecule has 0 fully saturated rings. The van der Waals surface area contributed by atoms with Gasteiger partial charge in [-0.25, -0.2) is 9.97 Å². The smallest absolute Gasteiger partial charge is 0.234 e. The van der Waals surface area contributed by atoms with E-state index in [1.54, 1.807) is 17.7 Å². The maximum atomic E-state index is 12.3. The van der Waals surface area contributed by atoms with Crippen LogP contribution in [0.3, 0.4) is 0 Å². The molecule has 5 nitrogen and oxygen atoms in total. The normalized spacial score (nSPS) is 11.3. The van der Waals surface area contributed by atoms with Gasteiger partial charge in [-0.1, -0.05) is 23.9 Å². The van der Waals surface area contributed by atoms with Gasteiger partial charge in [0.2, 0.25) is 5.91 Å². The Bertz CT molecular complexity index is 935. The van der Waals surface area contributed by atoms with Crippen LogP contribution < -0.4 is 5.32 Å². The van der Waals surface area contributed by atoms with Gasteiger partial charge in [0.15, 0.2) is 0 Å². The highest BCUT2D eigenvalue weighted by molar-refractivity contribution is 8.00. The Hall–Kier alpha value is -1.96.